The Morgan fingerprint density at radius 3 is 1.73 bits per heavy atom. The Kier molecular flexibility index (Phi) is 9.00. The van der Waals surface area contributed by atoms with E-state index in [1.807, 2.05) is 4.90 Å². The molecule has 1 amide bonds. The summed E-state index contributed by atoms with van der Waals surface area (Å²) in [5.74, 6) is -1.66. The van der Waals surface area contributed by atoms with Crippen molar-refractivity contribution in [1.82, 2.24) is 9.80 Å². The van der Waals surface area contributed by atoms with Gasteiger partial charge in [-0.05, 0) is 72.6 Å². The number of ketones is 2. The number of likely N-dealkylation sites (N-methyl/N-ethyl adjacent to an activating group) is 1. The normalized spacial score (nSPS) is 17.8. The summed E-state index contributed by atoms with van der Waals surface area (Å²) in [6.45, 7) is 2.23. The summed E-state index contributed by atoms with van der Waals surface area (Å²) in [6, 6.07) is 18.4. The van der Waals surface area contributed by atoms with Crippen LogP contribution in [0.25, 0.3) is 0 Å². The smallest absolute Gasteiger partial charge is 0.236 e. The Hall–Kier alpha value is -4.04. The van der Waals surface area contributed by atoms with Gasteiger partial charge in [-0.1, -0.05) is 12.1 Å². The maximum absolute atomic E-state index is 14.9. The van der Waals surface area contributed by atoms with E-state index >= 15 is 0 Å². The van der Waals surface area contributed by atoms with Gasteiger partial charge in [0.05, 0.1) is 20.8 Å². The van der Waals surface area contributed by atoms with Crippen molar-refractivity contribution in [1.29, 1.82) is 0 Å². The van der Waals surface area contributed by atoms with Crippen LogP contribution >= 0.6 is 0 Å². The number of Topliss-reactive ketones (excluding diaryl/α,β-unsaturated/α-hetero) is 2. The summed E-state index contributed by atoms with van der Waals surface area (Å²) in [6.07, 6.45) is 0. The summed E-state index contributed by atoms with van der Waals surface area (Å²) in [4.78, 5) is 44.4. The number of carbonyl (C=O) groups excluding carboxylic acids is 3. The number of hydrogen-bond acceptors (Lipinski definition) is 6. The number of benzene rings is 3. The quantitative estimate of drug-likeness (QED) is 0.364. The monoisotopic (exact) mass is 546 g/mol. The van der Waals surface area contributed by atoms with E-state index in [9.17, 15) is 18.8 Å². The van der Waals surface area contributed by atoms with Gasteiger partial charge in [0.1, 0.15) is 17.3 Å². The lowest BCUT2D eigenvalue weighted by atomic mass is 9.68. The first-order valence-corrected chi connectivity index (χ1v) is 13.2. The Labute approximate surface area is 234 Å². The zero-order chi connectivity index (χ0) is 29.0. The molecular weight excluding hydrogens is 511 g/mol. The van der Waals surface area contributed by atoms with Gasteiger partial charge in [-0.25, -0.2) is 4.39 Å². The van der Waals surface area contributed by atoms with Crippen LogP contribution in [0, 0.1) is 24.6 Å². The highest BCUT2D eigenvalue weighted by molar-refractivity contribution is 6.02. The molecule has 0 spiro atoms. The number of hydrogen-bond donors (Lipinski definition) is 0. The second-order valence-corrected chi connectivity index (χ2v) is 10.4. The van der Waals surface area contributed by atoms with E-state index in [4.69, 9.17) is 9.47 Å². The van der Waals surface area contributed by atoms with Gasteiger partial charge in [0, 0.05) is 56.1 Å². The fraction of sp³-hybridized carbons (Fsp3) is 0.344. The van der Waals surface area contributed by atoms with Gasteiger partial charge in [0.15, 0.2) is 11.6 Å². The van der Waals surface area contributed by atoms with Crippen LogP contribution in [-0.2, 0) is 4.79 Å². The minimum atomic E-state index is -0.704. The zero-order valence-electron chi connectivity index (χ0n) is 23.5. The number of methoxy groups -OCH3 is 2. The van der Waals surface area contributed by atoms with Crippen molar-refractivity contribution < 1.29 is 28.2 Å². The summed E-state index contributed by atoms with van der Waals surface area (Å²) in [5.41, 5.74) is 1.95. The molecule has 0 aromatic heterocycles. The molecule has 1 fully saturated rings. The first-order chi connectivity index (χ1) is 19.1. The fourth-order valence-corrected chi connectivity index (χ4v) is 5.45. The molecule has 2 atom stereocenters. The molecule has 0 unspecified atom stereocenters. The molecule has 0 saturated carbocycles. The second kappa shape index (κ2) is 12.4. The van der Waals surface area contributed by atoms with Crippen LogP contribution in [-0.4, -0.2) is 75.2 Å². The van der Waals surface area contributed by atoms with E-state index in [-0.39, 0.29) is 37.1 Å². The molecular formula is C32H35FN2O5. The van der Waals surface area contributed by atoms with Gasteiger partial charge in [-0.3, -0.25) is 19.3 Å². The summed E-state index contributed by atoms with van der Waals surface area (Å²) in [5, 5.41) is 0. The maximum Gasteiger partial charge on any atom is 0.236 e. The average molecular weight is 547 g/mol. The molecule has 40 heavy (non-hydrogen) atoms. The van der Waals surface area contributed by atoms with Crippen LogP contribution in [0.15, 0.2) is 66.7 Å². The van der Waals surface area contributed by atoms with Crippen LogP contribution in [0.3, 0.4) is 0 Å². The van der Waals surface area contributed by atoms with Gasteiger partial charge in [-0.15, -0.1) is 0 Å². The fourth-order valence-electron chi connectivity index (χ4n) is 5.45. The van der Waals surface area contributed by atoms with E-state index in [1.165, 1.54) is 11.0 Å². The number of halogens is 1. The summed E-state index contributed by atoms with van der Waals surface area (Å²) in [7, 11) is 6.45. The molecule has 3 aromatic carbocycles. The lowest BCUT2D eigenvalue weighted by Crippen LogP contribution is -2.52. The van der Waals surface area contributed by atoms with E-state index < -0.39 is 23.6 Å². The average Bonchev–Trinajstić information content (AvgIpc) is 2.97. The largest absolute Gasteiger partial charge is 0.497 e. The molecule has 0 bridgehead atoms. The van der Waals surface area contributed by atoms with Crippen LogP contribution in [0.1, 0.15) is 37.8 Å². The Balaban J connectivity index is 1.84. The van der Waals surface area contributed by atoms with Crippen LogP contribution in [0.2, 0.25) is 0 Å². The third-order valence-electron chi connectivity index (χ3n) is 7.73. The van der Waals surface area contributed by atoms with Gasteiger partial charge in [0.2, 0.25) is 5.91 Å². The van der Waals surface area contributed by atoms with Crippen molar-refractivity contribution in [2.24, 2.45) is 11.8 Å². The van der Waals surface area contributed by atoms with Crippen molar-refractivity contribution >= 4 is 17.5 Å². The molecule has 0 radical (unpaired) electrons. The van der Waals surface area contributed by atoms with Gasteiger partial charge >= 0.3 is 0 Å². The molecule has 1 aliphatic rings. The highest BCUT2D eigenvalue weighted by Gasteiger charge is 2.46. The number of carbonyl (C=O) groups is 3. The lowest BCUT2D eigenvalue weighted by Gasteiger charge is -2.43. The van der Waals surface area contributed by atoms with Crippen LogP contribution in [0.4, 0.5) is 4.39 Å². The minimum Gasteiger partial charge on any atom is -0.497 e. The van der Waals surface area contributed by atoms with Crippen LogP contribution in [0.5, 0.6) is 11.5 Å². The topological polar surface area (TPSA) is 76.2 Å². The molecule has 3 aromatic rings. The predicted octanol–water partition coefficient (Wildman–Crippen LogP) is 4.64. The van der Waals surface area contributed by atoms with Crippen molar-refractivity contribution in [2.45, 2.75) is 12.8 Å². The molecule has 1 heterocycles. The van der Waals surface area contributed by atoms with Crippen LogP contribution < -0.4 is 9.47 Å². The summed E-state index contributed by atoms with van der Waals surface area (Å²) < 4.78 is 25.4. The molecule has 0 N–H and O–H groups in total. The van der Waals surface area contributed by atoms with Gasteiger partial charge in [0.25, 0.3) is 0 Å². The molecule has 210 valence electrons. The Morgan fingerprint density at radius 1 is 0.825 bits per heavy atom. The zero-order valence-corrected chi connectivity index (χ0v) is 23.5. The Morgan fingerprint density at radius 2 is 1.30 bits per heavy atom. The number of amides is 1. The second-order valence-electron chi connectivity index (χ2n) is 10.4. The van der Waals surface area contributed by atoms with E-state index in [1.54, 1.807) is 95.9 Å². The molecule has 7 nitrogen and oxygen atoms in total. The van der Waals surface area contributed by atoms with Crippen molar-refractivity contribution in [2.75, 3.05) is 47.9 Å². The molecule has 1 aliphatic heterocycles. The highest BCUT2D eigenvalue weighted by atomic mass is 19.1. The van der Waals surface area contributed by atoms with Crippen molar-refractivity contribution in [3.63, 3.8) is 0 Å². The summed E-state index contributed by atoms with van der Waals surface area (Å²) >= 11 is 0. The third-order valence-corrected chi connectivity index (χ3v) is 7.73. The van der Waals surface area contributed by atoms with E-state index in [0.29, 0.717) is 33.8 Å². The predicted molar refractivity (Wildman–Crippen MR) is 151 cm³/mol. The molecule has 0 aliphatic carbocycles. The molecule has 4 rings (SSSR count). The third kappa shape index (κ3) is 6.07. The molecule has 1 saturated heterocycles. The molecule has 8 heteroatoms. The number of nitrogens with zero attached hydrogens (tertiary/aromatic N) is 2. The number of rotatable bonds is 9. The lowest BCUT2D eigenvalue weighted by molar-refractivity contribution is -0.130. The van der Waals surface area contributed by atoms with Crippen molar-refractivity contribution in [3.8, 4) is 11.5 Å². The Bertz CT molecular complexity index is 1300. The standard InChI is InChI=1S/C32H35FN2O5/c1-20-25(7-6-8-28(20)33)30-26(31(37)21-9-13-23(39-4)14-10-21)17-35(19-29(36)34(2)3)18-27(30)32(38)22-11-15-24(40-5)16-12-22/h6-16,26-27,30H,17-19H2,1-5H3/t26-,27-/m0/s1. The first-order valence-electron chi connectivity index (χ1n) is 13.2. The number of likely N-dealkylation sites (tertiary alicyclic amines) is 1. The maximum atomic E-state index is 14.9. The highest BCUT2D eigenvalue weighted by Crippen LogP contribution is 2.42. The van der Waals surface area contributed by atoms with Gasteiger partial charge < -0.3 is 14.4 Å². The minimum absolute atomic E-state index is 0.0562. The first kappa shape index (κ1) is 29.0. The SMILES string of the molecule is COc1ccc(C(=O)[C@H]2CN(CC(=O)N(C)C)C[C@H](C(=O)c3ccc(OC)cc3)C2c2cccc(F)c2C)cc1. The number of piperidine rings is 1. The van der Waals surface area contributed by atoms with E-state index in [0.717, 1.165) is 0 Å². The van der Waals surface area contributed by atoms with Gasteiger partial charge in [-0.2, -0.15) is 0 Å². The van der Waals surface area contributed by atoms with Crippen molar-refractivity contribution in [3.05, 3.63) is 94.8 Å². The van der Waals surface area contributed by atoms with E-state index in [2.05, 4.69) is 0 Å². The number of ether oxygens (including phenoxy) is 2.